The van der Waals surface area contributed by atoms with Crippen LogP contribution < -0.4 is 10.5 Å². The van der Waals surface area contributed by atoms with Crippen LogP contribution in [-0.2, 0) is 14.3 Å². The predicted octanol–water partition coefficient (Wildman–Crippen LogP) is 2.35. The molecule has 1 aromatic carbocycles. The fraction of sp³-hybridized carbons (Fsp3) is 0.529. The Morgan fingerprint density at radius 1 is 1.29 bits per heavy atom. The van der Waals surface area contributed by atoms with Crippen molar-refractivity contribution in [1.82, 2.24) is 0 Å². The van der Waals surface area contributed by atoms with Crippen molar-refractivity contribution in [2.75, 3.05) is 7.11 Å². The standard InChI is InChI=1S/C17H25NO6/c1-17(2,3)24-14(20)10-6-9-13(18)23-12-8-5-7-11(19)15(12)16(21)22-4/h5,7-8,13,19H,6,9-10,18H2,1-4H3. The van der Waals surface area contributed by atoms with Crippen LogP contribution in [0, 0.1) is 0 Å². The van der Waals surface area contributed by atoms with Crippen molar-refractivity contribution in [3.05, 3.63) is 23.8 Å². The van der Waals surface area contributed by atoms with Gasteiger partial charge in [0.25, 0.3) is 0 Å². The highest BCUT2D eigenvalue weighted by Gasteiger charge is 2.20. The van der Waals surface area contributed by atoms with E-state index in [-0.39, 0.29) is 29.5 Å². The molecule has 0 bridgehead atoms. The molecule has 0 spiro atoms. The van der Waals surface area contributed by atoms with E-state index in [2.05, 4.69) is 4.74 Å². The van der Waals surface area contributed by atoms with Crippen LogP contribution in [-0.4, -0.2) is 36.0 Å². The third-order valence-corrected chi connectivity index (χ3v) is 2.96. The first-order valence-electron chi connectivity index (χ1n) is 7.68. The minimum atomic E-state index is -0.738. The number of phenolic OH excluding ortho intramolecular Hbond substituents is 1. The number of ether oxygens (including phenoxy) is 3. The zero-order valence-corrected chi connectivity index (χ0v) is 14.5. The Morgan fingerprint density at radius 3 is 2.54 bits per heavy atom. The fourth-order valence-corrected chi connectivity index (χ4v) is 1.99. The van der Waals surface area contributed by atoms with E-state index in [4.69, 9.17) is 15.2 Å². The zero-order valence-electron chi connectivity index (χ0n) is 14.5. The van der Waals surface area contributed by atoms with E-state index in [0.29, 0.717) is 12.8 Å². The molecule has 134 valence electrons. The zero-order chi connectivity index (χ0) is 18.3. The number of aromatic hydroxyl groups is 1. The van der Waals surface area contributed by atoms with Gasteiger partial charge in [-0.25, -0.2) is 4.79 Å². The van der Waals surface area contributed by atoms with E-state index in [1.54, 1.807) is 20.8 Å². The Morgan fingerprint density at radius 2 is 1.96 bits per heavy atom. The summed E-state index contributed by atoms with van der Waals surface area (Å²) >= 11 is 0. The molecule has 0 aromatic heterocycles. The Balaban J connectivity index is 2.57. The first kappa shape index (κ1) is 19.8. The van der Waals surface area contributed by atoms with Crippen LogP contribution in [0.1, 0.15) is 50.4 Å². The van der Waals surface area contributed by atoms with Crippen LogP contribution in [0.3, 0.4) is 0 Å². The molecule has 1 rings (SSSR count). The number of hydrogen-bond donors (Lipinski definition) is 2. The van der Waals surface area contributed by atoms with Crippen LogP contribution in [0.2, 0.25) is 0 Å². The first-order valence-corrected chi connectivity index (χ1v) is 7.68. The molecule has 24 heavy (non-hydrogen) atoms. The SMILES string of the molecule is COC(=O)c1c(O)cccc1OC(N)CCCC(=O)OC(C)(C)C. The predicted molar refractivity (Wildman–Crippen MR) is 87.7 cm³/mol. The molecule has 3 N–H and O–H groups in total. The van der Waals surface area contributed by atoms with Gasteiger partial charge in [0.05, 0.1) is 7.11 Å². The van der Waals surface area contributed by atoms with Gasteiger partial charge in [0.15, 0.2) is 0 Å². The van der Waals surface area contributed by atoms with Gasteiger partial charge in [-0.3, -0.25) is 10.5 Å². The number of carbonyl (C=O) groups excluding carboxylic acids is 2. The Hall–Kier alpha value is -2.28. The number of nitrogens with two attached hydrogens (primary N) is 1. The average Bonchev–Trinajstić information content (AvgIpc) is 2.44. The lowest BCUT2D eigenvalue weighted by Gasteiger charge is -2.20. The lowest BCUT2D eigenvalue weighted by Crippen LogP contribution is -2.28. The number of rotatable bonds is 7. The van der Waals surface area contributed by atoms with Gasteiger partial charge in [0.1, 0.15) is 28.9 Å². The molecule has 7 nitrogen and oxygen atoms in total. The van der Waals surface area contributed by atoms with Gasteiger partial charge in [-0.15, -0.1) is 0 Å². The summed E-state index contributed by atoms with van der Waals surface area (Å²) in [4.78, 5) is 23.3. The highest BCUT2D eigenvalue weighted by molar-refractivity contribution is 5.95. The van der Waals surface area contributed by atoms with Gasteiger partial charge in [0.2, 0.25) is 0 Å². The maximum atomic E-state index is 11.7. The molecule has 7 heteroatoms. The molecule has 1 unspecified atom stereocenters. The quantitative estimate of drug-likeness (QED) is 0.580. The summed E-state index contributed by atoms with van der Waals surface area (Å²) in [5, 5.41) is 9.78. The van der Waals surface area contributed by atoms with Gasteiger partial charge in [0, 0.05) is 6.42 Å². The van der Waals surface area contributed by atoms with Crippen LogP contribution in [0.25, 0.3) is 0 Å². The molecule has 1 aromatic rings. The molecule has 0 aliphatic carbocycles. The monoisotopic (exact) mass is 339 g/mol. The van der Waals surface area contributed by atoms with Crippen LogP contribution in [0.5, 0.6) is 11.5 Å². The fourth-order valence-electron chi connectivity index (χ4n) is 1.99. The second-order valence-corrected chi connectivity index (χ2v) is 6.28. The number of hydrogen-bond acceptors (Lipinski definition) is 7. The average molecular weight is 339 g/mol. The Bertz CT molecular complexity index is 579. The Labute approximate surface area is 141 Å². The normalized spacial score (nSPS) is 12.4. The van der Waals surface area contributed by atoms with Crippen LogP contribution >= 0.6 is 0 Å². The summed E-state index contributed by atoms with van der Waals surface area (Å²) in [6.07, 6.45) is 0.341. The topological polar surface area (TPSA) is 108 Å². The third kappa shape index (κ3) is 6.45. The summed E-state index contributed by atoms with van der Waals surface area (Å²) in [6.45, 7) is 5.40. The molecule has 0 radical (unpaired) electrons. The van der Waals surface area contributed by atoms with Crippen molar-refractivity contribution in [1.29, 1.82) is 0 Å². The van der Waals surface area contributed by atoms with Crippen molar-refractivity contribution >= 4 is 11.9 Å². The lowest BCUT2D eigenvalue weighted by atomic mass is 10.1. The third-order valence-electron chi connectivity index (χ3n) is 2.96. The van der Waals surface area contributed by atoms with Crippen molar-refractivity contribution < 1.29 is 28.9 Å². The molecule has 0 fully saturated rings. The lowest BCUT2D eigenvalue weighted by molar-refractivity contribution is -0.155. The van der Waals surface area contributed by atoms with Gasteiger partial charge in [-0.1, -0.05) is 6.07 Å². The second kappa shape index (κ2) is 8.54. The second-order valence-electron chi connectivity index (χ2n) is 6.28. The van der Waals surface area contributed by atoms with Gasteiger partial charge in [-0.05, 0) is 45.7 Å². The van der Waals surface area contributed by atoms with Crippen LogP contribution in [0.15, 0.2) is 18.2 Å². The van der Waals surface area contributed by atoms with Gasteiger partial charge in [-0.2, -0.15) is 0 Å². The Kier molecular flexibility index (Phi) is 7.03. The van der Waals surface area contributed by atoms with Gasteiger partial charge >= 0.3 is 11.9 Å². The van der Waals surface area contributed by atoms with Crippen molar-refractivity contribution in [3.63, 3.8) is 0 Å². The number of methoxy groups -OCH3 is 1. The highest BCUT2D eigenvalue weighted by Crippen LogP contribution is 2.29. The van der Waals surface area contributed by atoms with Crippen molar-refractivity contribution in [2.45, 2.75) is 51.9 Å². The van der Waals surface area contributed by atoms with E-state index >= 15 is 0 Å². The molecule has 0 aliphatic heterocycles. The smallest absolute Gasteiger partial charge is 0.345 e. The number of esters is 2. The highest BCUT2D eigenvalue weighted by atomic mass is 16.6. The maximum Gasteiger partial charge on any atom is 0.345 e. The van der Waals surface area contributed by atoms with E-state index in [1.807, 2.05) is 0 Å². The molecule has 0 aliphatic rings. The first-order chi connectivity index (χ1) is 11.1. The van der Waals surface area contributed by atoms with Gasteiger partial charge < -0.3 is 19.3 Å². The molecule has 0 amide bonds. The van der Waals surface area contributed by atoms with E-state index < -0.39 is 17.8 Å². The van der Waals surface area contributed by atoms with E-state index in [1.165, 1.54) is 25.3 Å². The molecule has 0 saturated carbocycles. The maximum absolute atomic E-state index is 11.7. The van der Waals surface area contributed by atoms with Crippen LogP contribution in [0.4, 0.5) is 0 Å². The van der Waals surface area contributed by atoms with E-state index in [0.717, 1.165) is 0 Å². The molecular formula is C17H25NO6. The summed E-state index contributed by atoms with van der Waals surface area (Å²) in [7, 11) is 1.21. The summed E-state index contributed by atoms with van der Waals surface area (Å²) in [5.41, 5.74) is 5.27. The minimum Gasteiger partial charge on any atom is -0.507 e. The number of benzene rings is 1. The molecule has 1 atom stereocenters. The molecule has 0 heterocycles. The largest absolute Gasteiger partial charge is 0.507 e. The van der Waals surface area contributed by atoms with Crippen molar-refractivity contribution in [2.24, 2.45) is 5.73 Å². The summed E-state index contributed by atoms with van der Waals surface area (Å²) in [5.74, 6) is -1.14. The van der Waals surface area contributed by atoms with Crippen molar-refractivity contribution in [3.8, 4) is 11.5 Å². The van der Waals surface area contributed by atoms with E-state index in [9.17, 15) is 14.7 Å². The molecular weight excluding hydrogens is 314 g/mol. The molecule has 0 saturated heterocycles. The number of phenols is 1. The minimum absolute atomic E-state index is 0.0809. The number of carbonyl (C=O) groups is 2. The summed E-state index contributed by atoms with van der Waals surface area (Å²) < 4.78 is 15.3. The summed E-state index contributed by atoms with van der Waals surface area (Å²) in [6, 6.07) is 4.40.